The minimum absolute atomic E-state index is 0.520. The number of aromatic nitrogens is 4. The van der Waals surface area contributed by atoms with Crippen LogP contribution < -0.4 is 0 Å². The molecule has 0 aliphatic heterocycles. The topological polar surface area (TPSA) is 63.8 Å². The van der Waals surface area contributed by atoms with E-state index in [0.717, 1.165) is 12.1 Å². The molecular formula is C11H14N4O. The molecule has 2 heterocycles. The van der Waals surface area contributed by atoms with Crippen molar-refractivity contribution in [1.29, 1.82) is 0 Å². The Kier molecular flexibility index (Phi) is 3.26. The zero-order valence-electron chi connectivity index (χ0n) is 9.11. The average Bonchev–Trinajstić information content (AvgIpc) is 2.74. The van der Waals surface area contributed by atoms with Gasteiger partial charge in [0.25, 0.3) is 0 Å². The molecule has 0 saturated carbocycles. The maximum absolute atomic E-state index is 9.94. The van der Waals surface area contributed by atoms with Gasteiger partial charge in [0.1, 0.15) is 0 Å². The van der Waals surface area contributed by atoms with Crippen molar-refractivity contribution >= 4 is 0 Å². The largest absolute Gasteiger partial charge is 0.387 e. The van der Waals surface area contributed by atoms with E-state index < -0.39 is 6.10 Å². The highest BCUT2D eigenvalue weighted by molar-refractivity contribution is 5.10. The van der Waals surface area contributed by atoms with Gasteiger partial charge >= 0.3 is 0 Å². The van der Waals surface area contributed by atoms with Crippen LogP contribution in [0.1, 0.15) is 23.8 Å². The molecule has 1 unspecified atom stereocenters. The number of rotatable bonds is 4. The van der Waals surface area contributed by atoms with Gasteiger partial charge in [-0.25, -0.2) is 4.68 Å². The lowest BCUT2D eigenvalue weighted by molar-refractivity contribution is 0.158. The first-order valence-corrected chi connectivity index (χ1v) is 5.19. The Labute approximate surface area is 93.8 Å². The van der Waals surface area contributed by atoms with E-state index in [1.165, 1.54) is 5.56 Å². The molecule has 1 N–H and O–H groups in total. The number of hydrogen-bond acceptors (Lipinski definition) is 4. The van der Waals surface area contributed by atoms with E-state index in [0.29, 0.717) is 6.42 Å². The highest BCUT2D eigenvalue weighted by Gasteiger charge is 2.11. The van der Waals surface area contributed by atoms with E-state index in [-0.39, 0.29) is 0 Å². The summed E-state index contributed by atoms with van der Waals surface area (Å²) < 4.78 is 1.59. The summed E-state index contributed by atoms with van der Waals surface area (Å²) in [6.45, 7) is 0. The van der Waals surface area contributed by atoms with Gasteiger partial charge in [-0.3, -0.25) is 4.98 Å². The number of nitrogens with zero attached hydrogens (tertiary/aromatic N) is 4. The predicted molar refractivity (Wildman–Crippen MR) is 58.5 cm³/mol. The fourth-order valence-electron chi connectivity index (χ4n) is 1.60. The third-order valence-electron chi connectivity index (χ3n) is 2.55. The summed E-state index contributed by atoms with van der Waals surface area (Å²) in [6.07, 6.45) is 6.06. The SMILES string of the molecule is Cn1nncc1C(O)CCc1ccncc1. The van der Waals surface area contributed by atoms with E-state index in [9.17, 15) is 5.11 Å². The summed E-state index contributed by atoms with van der Waals surface area (Å²) in [7, 11) is 1.78. The molecule has 5 heteroatoms. The third-order valence-corrected chi connectivity index (χ3v) is 2.55. The molecule has 16 heavy (non-hydrogen) atoms. The number of aliphatic hydroxyl groups excluding tert-OH is 1. The Morgan fingerprint density at radius 3 is 2.75 bits per heavy atom. The zero-order valence-corrected chi connectivity index (χ0v) is 9.11. The van der Waals surface area contributed by atoms with Crippen molar-refractivity contribution in [3.8, 4) is 0 Å². The Balaban J connectivity index is 1.94. The monoisotopic (exact) mass is 218 g/mol. The number of aryl methyl sites for hydroxylation is 2. The molecule has 0 aliphatic carbocycles. The molecule has 0 radical (unpaired) electrons. The molecule has 0 bridgehead atoms. The average molecular weight is 218 g/mol. The van der Waals surface area contributed by atoms with Gasteiger partial charge < -0.3 is 5.11 Å². The second kappa shape index (κ2) is 4.85. The van der Waals surface area contributed by atoms with Crippen LogP contribution in [-0.4, -0.2) is 25.1 Å². The molecule has 2 aromatic heterocycles. The first kappa shape index (κ1) is 10.8. The van der Waals surface area contributed by atoms with E-state index >= 15 is 0 Å². The fourth-order valence-corrected chi connectivity index (χ4v) is 1.60. The number of hydrogen-bond donors (Lipinski definition) is 1. The molecule has 0 saturated heterocycles. The summed E-state index contributed by atoms with van der Waals surface area (Å²) >= 11 is 0. The van der Waals surface area contributed by atoms with Crippen LogP contribution in [-0.2, 0) is 13.5 Å². The van der Waals surface area contributed by atoms with Crippen molar-refractivity contribution in [2.75, 3.05) is 0 Å². The van der Waals surface area contributed by atoms with Crippen LogP contribution in [0.2, 0.25) is 0 Å². The van der Waals surface area contributed by atoms with Gasteiger partial charge in [0, 0.05) is 19.4 Å². The van der Waals surface area contributed by atoms with Gasteiger partial charge in [-0.2, -0.15) is 0 Å². The van der Waals surface area contributed by atoms with Crippen LogP contribution in [0.25, 0.3) is 0 Å². The molecule has 0 aliphatic rings. The molecule has 2 aromatic rings. The van der Waals surface area contributed by atoms with Crippen molar-refractivity contribution in [3.05, 3.63) is 42.0 Å². The van der Waals surface area contributed by atoms with Gasteiger partial charge in [0.05, 0.1) is 18.0 Å². The molecule has 0 fully saturated rings. The smallest absolute Gasteiger partial charge is 0.0976 e. The summed E-state index contributed by atoms with van der Waals surface area (Å²) in [6, 6.07) is 3.91. The maximum atomic E-state index is 9.94. The second-order valence-corrected chi connectivity index (χ2v) is 3.69. The highest BCUT2D eigenvalue weighted by Crippen LogP contribution is 2.16. The molecule has 84 valence electrons. The lowest BCUT2D eigenvalue weighted by atomic mass is 10.1. The molecular weight excluding hydrogens is 204 g/mol. The first-order chi connectivity index (χ1) is 7.77. The Hall–Kier alpha value is -1.75. The molecule has 0 amide bonds. The van der Waals surface area contributed by atoms with Crippen LogP contribution in [0, 0.1) is 0 Å². The van der Waals surface area contributed by atoms with Gasteiger partial charge in [-0.15, -0.1) is 5.10 Å². The van der Waals surface area contributed by atoms with Crippen LogP contribution >= 0.6 is 0 Å². The van der Waals surface area contributed by atoms with Crippen molar-refractivity contribution in [2.45, 2.75) is 18.9 Å². The van der Waals surface area contributed by atoms with E-state index in [1.54, 1.807) is 30.3 Å². The van der Waals surface area contributed by atoms with Crippen LogP contribution in [0.4, 0.5) is 0 Å². The zero-order chi connectivity index (χ0) is 11.4. The molecule has 0 spiro atoms. The quantitative estimate of drug-likeness (QED) is 0.827. The molecule has 5 nitrogen and oxygen atoms in total. The lowest BCUT2D eigenvalue weighted by Gasteiger charge is -2.09. The predicted octanol–water partition coefficient (Wildman–Crippen LogP) is 0.876. The first-order valence-electron chi connectivity index (χ1n) is 5.19. The van der Waals surface area contributed by atoms with E-state index in [2.05, 4.69) is 15.3 Å². The van der Waals surface area contributed by atoms with Gasteiger partial charge in [0.15, 0.2) is 0 Å². The number of aliphatic hydroxyl groups is 1. The fraction of sp³-hybridized carbons (Fsp3) is 0.364. The molecule has 2 rings (SSSR count). The summed E-state index contributed by atoms with van der Waals surface area (Å²) in [5.41, 5.74) is 1.92. The second-order valence-electron chi connectivity index (χ2n) is 3.69. The van der Waals surface area contributed by atoms with Crippen LogP contribution in [0.15, 0.2) is 30.7 Å². The minimum atomic E-state index is -0.520. The summed E-state index contributed by atoms with van der Waals surface area (Å²) in [5.74, 6) is 0. The van der Waals surface area contributed by atoms with E-state index in [1.807, 2.05) is 12.1 Å². The highest BCUT2D eigenvalue weighted by atomic mass is 16.3. The summed E-state index contributed by atoms with van der Waals surface area (Å²) in [4.78, 5) is 3.95. The number of pyridine rings is 1. The minimum Gasteiger partial charge on any atom is -0.387 e. The Morgan fingerprint density at radius 1 is 1.38 bits per heavy atom. The Bertz CT molecular complexity index is 440. The van der Waals surface area contributed by atoms with Crippen molar-refractivity contribution in [2.24, 2.45) is 7.05 Å². The van der Waals surface area contributed by atoms with Crippen LogP contribution in [0.5, 0.6) is 0 Å². The lowest BCUT2D eigenvalue weighted by Crippen LogP contribution is -2.06. The molecule has 0 aromatic carbocycles. The summed E-state index contributed by atoms with van der Waals surface area (Å²) in [5, 5.41) is 17.5. The van der Waals surface area contributed by atoms with Crippen LogP contribution in [0.3, 0.4) is 0 Å². The maximum Gasteiger partial charge on any atom is 0.0976 e. The third kappa shape index (κ3) is 2.43. The van der Waals surface area contributed by atoms with Crippen molar-refractivity contribution < 1.29 is 5.11 Å². The Morgan fingerprint density at radius 2 is 2.12 bits per heavy atom. The van der Waals surface area contributed by atoms with Gasteiger partial charge in [0.2, 0.25) is 0 Å². The van der Waals surface area contributed by atoms with Gasteiger partial charge in [-0.1, -0.05) is 5.21 Å². The van der Waals surface area contributed by atoms with Crippen molar-refractivity contribution in [3.63, 3.8) is 0 Å². The van der Waals surface area contributed by atoms with Crippen molar-refractivity contribution in [1.82, 2.24) is 20.0 Å². The standard InChI is InChI=1S/C11H14N4O/c1-15-10(8-13-14-15)11(16)3-2-9-4-6-12-7-5-9/h4-8,11,16H,2-3H2,1H3. The molecule has 1 atom stereocenters. The normalized spacial score (nSPS) is 12.6. The van der Waals surface area contributed by atoms with E-state index in [4.69, 9.17) is 0 Å². The van der Waals surface area contributed by atoms with Gasteiger partial charge in [-0.05, 0) is 30.5 Å².